The van der Waals surface area contributed by atoms with Crippen molar-refractivity contribution < 1.29 is 0 Å². The van der Waals surface area contributed by atoms with Gasteiger partial charge in [0.1, 0.15) is 5.82 Å². The number of imidazole rings is 1. The fourth-order valence-corrected chi connectivity index (χ4v) is 1.89. The van der Waals surface area contributed by atoms with Gasteiger partial charge in [-0.2, -0.15) is 0 Å². The lowest BCUT2D eigenvalue weighted by molar-refractivity contribution is 0.577. The second-order valence-corrected chi connectivity index (χ2v) is 4.48. The van der Waals surface area contributed by atoms with E-state index in [1.54, 1.807) is 0 Å². The zero-order valence-electron chi connectivity index (χ0n) is 10.8. The smallest absolute Gasteiger partial charge is 0.110 e. The first-order valence-corrected chi connectivity index (χ1v) is 6.45. The highest BCUT2D eigenvalue weighted by atomic mass is 15.1. The topological polar surface area (TPSA) is 56.7 Å². The lowest BCUT2D eigenvalue weighted by Crippen LogP contribution is -2.23. The summed E-state index contributed by atoms with van der Waals surface area (Å²) in [6.07, 6.45) is 8.43. The molecule has 0 radical (unpaired) electrons. The molecule has 0 amide bonds. The highest BCUT2D eigenvalue weighted by Gasteiger charge is 2.07. The van der Waals surface area contributed by atoms with Gasteiger partial charge in [-0.05, 0) is 18.6 Å². The Bertz CT molecular complexity index is 464. The minimum absolute atomic E-state index is 0.195. The Morgan fingerprint density at radius 2 is 2.17 bits per heavy atom. The predicted molar refractivity (Wildman–Crippen MR) is 72.1 cm³/mol. The van der Waals surface area contributed by atoms with Crippen molar-refractivity contribution in [2.45, 2.75) is 38.8 Å². The van der Waals surface area contributed by atoms with Crippen LogP contribution in [0, 0.1) is 0 Å². The van der Waals surface area contributed by atoms with Crippen LogP contribution in [0.25, 0.3) is 0 Å². The van der Waals surface area contributed by atoms with Crippen molar-refractivity contribution in [3.63, 3.8) is 0 Å². The Morgan fingerprint density at radius 1 is 1.28 bits per heavy atom. The maximum absolute atomic E-state index is 5.97. The minimum atomic E-state index is 0.195. The van der Waals surface area contributed by atoms with Crippen LogP contribution < -0.4 is 5.73 Å². The SMILES string of the molecule is CCC(N)Cc1nccn1CCc1ccccn1. The quantitative estimate of drug-likeness (QED) is 0.843. The third-order valence-electron chi connectivity index (χ3n) is 3.11. The number of nitrogens with zero attached hydrogens (tertiary/aromatic N) is 3. The van der Waals surface area contributed by atoms with Crippen LogP contribution in [0.3, 0.4) is 0 Å². The summed E-state index contributed by atoms with van der Waals surface area (Å²) in [4.78, 5) is 8.71. The first kappa shape index (κ1) is 12.8. The molecule has 1 unspecified atom stereocenters. The maximum atomic E-state index is 5.97. The van der Waals surface area contributed by atoms with E-state index in [1.807, 2.05) is 36.8 Å². The lowest BCUT2D eigenvalue weighted by atomic mass is 10.1. The molecule has 0 aliphatic carbocycles. The highest BCUT2D eigenvalue weighted by molar-refractivity contribution is 5.04. The average Bonchev–Trinajstić information content (AvgIpc) is 2.84. The largest absolute Gasteiger partial charge is 0.335 e. The number of nitrogens with two attached hydrogens (primary N) is 1. The van der Waals surface area contributed by atoms with Crippen LogP contribution in [0.4, 0.5) is 0 Å². The summed E-state index contributed by atoms with van der Waals surface area (Å²) in [5.74, 6) is 1.07. The highest BCUT2D eigenvalue weighted by Crippen LogP contribution is 2.05. The van der Waals surface area contributed by atoms with Crippen molar-refractivity contribution >= 4 is 0 Å². The molecule has 0 saturated carbocycles. The Balaban J connectivity index is 1.95. The van der Waals surface area contributed by atoms with Gasteiger partial charge in [0.2, 0.25) is 0 Å². The van der Waals surface area contributed by atoms with Crippen molar-refractivity contribution in [3.8, 4) is 0 Å². The molecule has 96 valence electrons. The van der Waals surface area contributed by atoms with Gasteiger partial charge in [-0.15, -0.1) is 0 Å². The summed E-state index contributed by atoms with van der Waals surface area (Å²) in [6, 6.07) is 6.20. The summed E-state index contributed by atoms with van der Waals surface area (Å²) < 4.78 is 2.17. The van der Waals surface area contributed by atoms with E-state index in [0.717, 1.165) is 37.3 Å². The fourth-order valence-electron chi connectivity index (χ4n) is 1.89. The summed E-state index contributed by atoms with van der Waals surface area (Å²) in [5.41, 5.74) is 7.08. The number of rotatable bonds is 6. The van der Waals surface area contributed by atoms with Gasteiger partial charge in [0.15, 0.2) is 0 Å². The summed E-state index contributed by atoms with van der Waals surface area (Å²) in [6.45, 7) is 3.01. The van der Waals surface area contributed by atoms with Crippen molar-refractivity contribution in [2.24, 2.45) is 5.73 Å². The van der Waals surface area contributed by atoms with Gasteiger partial charge >= 0.3 is 0 Å². The normalized spacial score (nSPS) is 12.6. The molecule has 0 saturated heterocycles. The molecule has 2 aromatic rings. The van der Waals surface area contributed by atoms with Crippen LogP contribution in [0.1, 0.15) is 24.9 Å². The number of aryl methyl sites for hydroxylation is 2. The van der Waals surface area contributed by atoms with Gasteiger partial charge in [0.05, 0.1) is 0 Å². The molecule has 2 heterocycles. The first-order chi connectivity index (χ1) is 8.79. The second kappa shape index (κ2) is 6.31. The minimum Gasteiger partial charge on any atom is -0.335 e. The van der Waals surface area contributed by atoms with Gasteiger partial charge in [-0.25, -0.2) is 4.98 Å². The summed E-state index contributed by atoms with van der Waals surface area (Å²) in [7, 11) is 0. The van der Waals surface area contributed by atoms with E-state index >= 15 is 0 Å². The standard InChI is InChI=1S/C14H20N4/c1-2-12(15)11-14-17-8-10-18(14)9-6-13-5-3-4-7-16-13/h3-5,7-8,10,12H,2,6,9,11,15H2,1H3. The molecule has 4 heteroatoms. The molecule has 4 nitrogen and oxygen atoms in total. The van der Waals surface area contributed by atoms with Gasteiger partial charge < -0.3 is 10.3 Å². The third kappa shape index (κ3) is 3.40. The van der Waals surface area contributed by atoms with E-state index in [4.69, 9.17) is 5.73 Å². The van der Waals surface area contributed by atoms with Gasteiger partial charge in [0.25, 0.3) is 0 Å². The van der Waals surface area contributed by atoms with Crippen LogP contribution in [0.2, 0.25) is 0 Å². The summed E-state index contributed by atoms with van der Waals surface area (Å²) >= 11 is 0. The third-order valence-corrected chi connectivity index (χ3v) is 3.11. The summed E-state index contributed by atoms with van der Waals surface area (Å²) in [5, 5.41) is 0. The van der Waals surface area contributed by atoms with E-state index < -0.39 is 0 Å². The molecule has 18 heavy (non-hydrogen) atoms. The monoisotopic (exact) mass is 244 g/mol. The van der Waals surface area contributed by atoms with Crippen LogP contribution in [-0.2, 0) is 19.4 Å². The van der Waals surface area contributed by atoms with Crippen molar-refractivity contribution in [1.29, 1.82) is 0 Å². The number of pyridine rings is 1. The van der Waals surface area contributed by atoms with E-state index in [1.165, 1.54) is 0 Å². The van der Waals surface area contributed by atoms with Crippen molar-refractivity contribution in [3.05, 3.63) is 48.3 Å². The zero-order chi connectivity index (χ0) is 12.8. The Morgan fingerprint density at radius 3 is 2.89 bits per heavy atom. The molecular weight excluding hydrogens is 224 g/mol. The Hall–Kier alpha value is -1.68. The lowest BCUT2D eigenvalue weighted by Gasteiger charge is -2.11. The molecule has 0 aliphatic heterocycles. The predicted octanol–water partition coefficient (Wildman–Crippen LogP) is 1.80. The zero-order valence-corrected chi connectivity index (χ0v) is 10.8. The number of hydrogen-bond acceptors (Lipinski definition) is 3. The Kier molecular flexibility index (Phi) is 4.47. The molecular formula is C14H20N4. The van der Waals surface area contributed by atoms with Crippen molar-refractivity contribution in [2.75, 3.05) is 0 Å². The average molecular weight is 244 g/mol. The number of hydrogen-bond donors (Lipinski definition) is 1. The fraction of sp³-hybridized carbons (Fsp3) is 0.429. The molecule has 0 bridgehead atoms. The number of aromatic nitrogens is 3. The van der Waals surface area contributed by atoms with E-state index in [-0.39, 0.29) is 6.04 Å². The second-order valence-electron chi connectivity index (χ2n) is 4.48. The van der Waals surface area contributed by atoms with Crippen LogP contribution in [0.5, 0.6) is 0 Å². The molecule has 1 atom stereocenters. The molecule has 2 N–H and O–H groups in total. The maximum Gasteiger partial charge on any atom is 0.110 e. The van der Waals surface area contributed by atoms with Crippen molar-refractivity contribution in [1.82, 2.24) is 14.5 Å². The van der Waals surface area contributed by atoms with Crippen LogP contribution in [0.15, 0.2) is 36.8 Å². The van der Waals surface area contributed by atoms with E-state index in [2.05, 4.69) is 21.5 Å². The molecule has 0 aromatic carbocycles. The first-order valence-electron chi connectivity index (χ1n) is 6.45. The molecule has 2 rings (SSSR count). The van der Waals surface area contributed by atoms with E-state index in [9.17, 15) is 0 Å². The molecule has 2 aromatic heterocycles. The molecule has 0 fully saturated rings. The van der Waals surface area contributed by atoms with Gasteiger partial charge in [0, 0.05) is 49.7 Å². The molecule has 0 aliphatic rings. The Labute approximate surface area is 108 Å². The van der Waals surface area contributed by atoms with Crippen LogP contribution >= 0.6 is 0 Å². The van der Waals surface area contributed by atoms with Gasteiger partial charge in [-0.3, -0.25) is 4.98 Å². The van der Waals surface area contributed by atoms with E-state index in [0.29, 0.717) is 0 Å². The molecule has 0 spiro atoms. The van der Waals surface area contributed by atoms with Gasteiger partial charge in [-0.1, -0.05) is 13.0 Å². The van der Waals surface area contributed by atoms with Crippen LogP contribution in [-0.4, -0.2) is 20.6 Å².